The van der Waals surface area contributed by atoms with Crippen molar-refractivity contribution in [1.29, 1.82) is 0 Å². The number of anilines is 1. The van der Waals surface area contributed by atoms with Gasteiger partial charge in [-0.3, -0.25) is 4.79 Å². The Bertz CT molecular complexity index is 755. The normalized spacial score (nSPS) is 11.5. The van der Waals surface area contributed by atoms with E-state index in [1.807, 2.05) is 32.0 Å². The number of nitrogens with one attached hydrogen (secondary N) is 1. The molecule has 5 heteroatoms. The minimum atomic E-state index is -0.672. The molecule has 0 aromatic heterocycles. The van der Waals surface area contributed by atoms with Crippen molar-refractivity contribution in [3.63, 3.8) is 0 Å². The number of hydrogen-bond acceptors (Lipinski definition) is 4. The van der Waals surface area contributed by atoms with Gasteiger partial charge < -0.3 is 14.8 Å². The van der Waals surface area contributed by atoms with Crippen LogP contribution in [0.25, 0.3) is 0 Å². The number of benzene rings is 2. The molecule has 1 N–H and O–H groups in total. The second kappa shape index (κ2) is 7.64. The highest BCUT2D eigenvalue weighted by Crippen LogP contribution is 2.18. The standard InChI is InChI=1S/C19H21NO4/c1-12-8-9-17(10-13(12)2)24-14(3)18(21)20-16-7-5-6-15(11-16)19(22)23-4/h5-11,14H,1-4H3,(H,20,21). The van der Waals surface area contributed by atoms with E-state index in [9.17, 15) is 9.59 Å². The van der Waals surface area contributed by atoms with Gasteiger partial charge in [0.05, 0.1) is 12.7 Å². The fourth-order valence-electron chi connectivity index (χ4n) is 2.13. The van der Waals surface area contributed by atoms with Crippen molar-refractivity contribution in [2.75, 3.05) is 12.4 Å². The van der Waals surface area contributed by atoms with E-state index < -0.39 is 12.1 Å². The molecular formula is C19H21NO4. The van der Waals surface area contributed by atoms with Crippen molar-refractivity contribution in [3.8, 4) is 5.75 Å². The van der Waals surface area contributed by atoms with Gasteiger partial charge in [0.1, 0.15) is 5.75 Å². The molecule has 0 saturated carbocycles. The molecule has 0 bridgehead atoms. The molecule has 2 rings (SSSR count). The summed E-state index contributed by atoms with van der Waals surface area (Å²) in [6.07, 6.45) is -0.672. The molecule has 0 radical (unpaired) electrons. The maximum atomic E-state index is 12.3. The third-order valence-corrected chi connectivity index (χ3v) is 3.71. The zero-order valence-electron chi connectivity index (χ0n) is 14.3. The number of methoxy groups -OCH3 is 1. The van der Waals surface area contributed by atoms with Crippen LogP contribution < -0.4 is 10.1 Å². The van der Waals surface area contributed by atoms with Crippen molar-refractivity contribution in [3.05, 3.63) is 59.2 Å². The number of carbonyl (C=O) groups excluding carboxylic acids is 2. The topological polar surface area (TPSA) is 64.6 Å². The van der Waals surface area contributed by atoms with Gasteiger partial charge >= 0.3 is 5.97 Å². The Morgan fingerprint density at radius 1 is 1.04 bits per heavy atom. The summed E-state index contributed by atoms with van der Waals surface area (Å²) in [5.74, 6) is -0.107. The van der Waals surface area contributed by atoms with Gasteiger partial charge in [-0.05, 0) is 62.2 Å². The second-order valence-corrected chi connectivity index (χ2v) is 5.57. The summed E-state index contributed by atoms with van der Waals surface area (Å²) >= 11 is 0. The van der Waals surface area contributed by atoms with Crippen LogP contribution in [0, 0.1) is 13.8 Å². The van der Waals surface area contributed by atoms with Crippen LogP contribution in [-0.4, -0.2) is 25.1 Å². The van der Waals surface area contributed by atoms with Gasteiger partial charge in [-0.25, -0.2) is 4.79 Å². The van der Waals surface area contributed by atoms with E-state index in [-0.39, 0.29) is 5.91 Å². The summed E-state index contributed by atoms with van der Waals surface area (Å²) in [6, 6.07) is 12.3. The molecular weight excluding hydrogens is 306 g/mol. The third kappa shape index (κ3) is 4.35. The number of rotatable bonds is 5. The molecule has 1 unspecified atom stereocenters. The lowest BCUT2D eigenvalue weighted by molar-refractivity contribution is -0.122. The third-order valence-electron chi connectivity index (χ3n) is 3.71. The highest BCUT2D eigenvalue weighted by Gasteiger charge is 2.16. The van der Waals surface area contributed by atoms with Gasteiger partial charge in [0.2, 0.25) is 0 Å². The van der Waals surface area contributed by atoms with Crippen LogP contribution in [0.15, 0.2) is 42.5 Å². The zero-order chi connectivity index (χ0) is 17.7. The van der Waals surface area contributed by atoms with Gasteiger partial charge in [-0.2, -0.15) is 0 Å². The van der Waals surface area contributed by atoms with Crippen molar-refractivity contribution in [1.82, 2.24) is 0 Å². The number of hydrogen-bond donors (Lipinski definition) is 1. The lowest BCUT2D eigenvalue weighted by atomic mass is 10.1. The average Bonchev–Trinajstić information content (AvgIpc) is 2.57. The SMILES string of the molecule is COC(=O)c1cccc(NC(=O)C(C)Oc2ccc(C)c(C)c2)c1. The Morgan fingerprint density at radius 3 is 2.46 bits per heavy atom. The smallest absolute Gasteiger partial charge is 0.337 e. The zero-order valence-corrected chi connectivity index (χ0v) is 14.3. The summed E-state index contributed by atoms with van der Waals surface area (Å²) in [5.41, 5.74) is 3.15. The van der Waals surface area contributed by atoms with Gasteiger partial charge in [0, 0.05) is 5.69 Å². The molecule has 1 amide bonds. The first kappa shape index (κ1) is 17.5. The Labute approximate surface area is 141 Å². The molecule has 24 heavy (non-hydrogen) atoms. The summed E-state index contributed by atoms with van der Waals surface area (Å²) in [4.78, 5) is 23.8. The van der Waals surface area contributed by atoms with Crippen molar-refractivity contribution in [2.24, 2.45) is 0 Å². The van der Waals surface area contributed by atoms with Gasteiger partial charge in [-0.1, -0.05) is 12.1 Å². The van der Waals surface area contributed by atoms with Crippen molar-refractivity contribution < 1.29 is 19.1 Å². The van der Waals surface area contributed by atoms with E-state index in [1.165, 1.54) is 12.7 Å². The van der Waals surface area contributed by atoms with Crippen LogP contribution in [0.5, 0.6) is 5.75 Å². The molecule has 0 aliphatic rings. The monoisotopic (exact) mass is 327 g/mol. The van der Waals surface area contributed by atoms with Crippen molar-refractivity contribution in [2.45, 2.75) is 26.9 Å². The minimum absolute atomic E-state index is 0.296. The predicted molar refractivity (Wildman–Crippen MR) is 92.4 cm³/mol. The number of ether oxygens (including phenoxy) is 2. The molecule has 0 aliphatic carbocycles. The molecule has 0 spiro atoms. The van der Waals surface area contributed by atoms with E-state index in [0.717, 1.165) is 5.56 Å². The first-order valence-electron chi connectivity index (χ1n) is 7.64. The Kier molecular flexibility index (Phi) is 5.58. The molecule has 2 aromatic carbocycles. The first-order valence-corrected chi connectivity index (χ1v) is 7.64. The van der Waals surface area contributed by atoms with E-state index in [2.05, 4.69) is 10.1 Å². The second-order valence-electron chi connectivity index (χ2n) is 5.57. The minimum Gasteiger partial charge on any atom is -0.481 e. The summed E-state index contributed by atoms with van der Waals surface area (Å²) in [6.45, 7) is 5.68. The van der Waals surface area contributed by atoms with Crippen LogP contribution in [0.1, 0.15) is 28.4 Å². The van der Waals surface area contributed by atoms with Gasteiger partial charge in [0.25, 0.3) is 5.91 Å². The molecule has 0 aliphatic heterocycles. The summed E-state index contributed by atoms with van der Waals surface area (Å²) in [5, 5.41) is 2.74. The van der Waals surface area contributed by atoms with Gasteiger partial charge in [-0.15, -0.1) is 0 Å². The van der Waals surface area contributed by atoms with E-state index in [4.69, 9.17) is 4.74 Å². The van der Waals surface area contributed by atoms with Crippen LogP contribution in [0.2, 0.25) is 0 Å². The van der Waals surface area contributed by atoms with Crippen LogP contribution in [-0.2, 0) is 9.53 Å². The highest BCUT2D eigenvalue weighted by molar-refractivity contribution is 5.96. The maximum Gasteiger partial charge on any atom is 0.337 e. The fraction of sp³-hybridized carbons (Fsp3) is 0.263. The largest absolute Gasteiger partial charge is 0.481 e. The molecule has 5 nitrogen and oxygen atoms in total. The molecule has 0 fully saturated rings. The predicted octanol–water partition coefficient (Wildman–Crippen LogP) is 3.50. The lowest BCUT2D eigenvalue weighted by Crippen LogP contribution is -2.30. The number of carbonyl (C=O) groups is 2. The van der Waals surface area contributed by atoms with Crippen molar-refractivity contribution >= 4 is 17.6 Å². The van der Waals surface area contributed by atoms with Crippen LogP contribution in [0.4, 0.5) is 5.69 Å². The first-order chi connectivity index (χ1) is 11.4. The fourth-order valence-corrected chi connectivity index (χ4v) is 2.13. The molecule has 1 atom stereocenters. The number of esters is 1. The Morgan fingerprint density at radius 2 is 1.79 bits per heavy atom. The number of amides is 1. The Balaban J connectivity index is 2.03. The lowest BCUT2D eigenvalue weighted by Gasteiger charge is -2.16. The summed E-state index contributed by atoms with van der Waals surface area (Å²) in [7, 11) is 1.31. The quantitative estimate of drug-likeness (QED) is 0.854. The van der Waals surface area contributed by atoms with E-state index in [0.29, 0.717) is 17.0 Å². The van der Waals surface area contributed by atoms with Crippen LogP contribution in [0.3, 0.4) is 0 Å². The Hall–Kier alpha value is -2.82. The maximum absolute atomic E-state index is 12.3. The van der Waals surface area contributed by atoms with Gasteiger partial charge in [0.15, 0.2) is 6.10 Å². The molecule has 2 aromatic rings. The average molecular weight is 327 g/mol. The van der Waals surface area contributed by atoms with E-state index >= 15 is 0 Å². The number of aryl methyl sites for hydroxylation is 2. The molecule has 0 saturated heterocycles. The van der Waals surface area contributed by atoms with E-state index in [1.54, 1.807) is 31.2 Å². The molecule has 0 heterocycles. The van der Waals surface area contributed by atoms with Crippen LogP contribution >= 0.6 is 0 Å². The highest BCUT2D eigenvalue weighted by atomic mass is 16.5. The molecule has 126 valence electrons. The summed E-state index contributed by atoms with van der Waals surface area (Å²) < 4.78 is 10.3.